The Bertz CT molecular complexity index is 1100. The monoisotopic (exact) mass is 474 g/mol. The third-order valence-corrected chi connectivity index (χ3v) is 5.60. The Hall–Kier alpha value is -2.54. The quantitative estimate of drug-likeness (QED) is 0.466. The Morgan fingerprint density at radius 2 is 1.84 bits per heavy atom. The summed E-state index contributed by atoms with van der Waals surface area (Å²) in [7, 11) is 6.17. The summed E-state index contributed by atoms with van der Waals surface area (Å²) < 4.78 is 5.52. The van der Waals surface area contributed by atoms with Crippen LogP contribution in [0, 0.1) is 0 Å². The Morgan fingerprint density at radius 1 is 1.06 bits per heavy atom. The average molecular weight is 475 g/mol. The van der Waals surface area contributed by atoms with Gasteiger partial charge >= 0.3 is 0 Å². The number of fused-ring (bicyclic) bond motifs is 1. The zero-order valence-corrected chi connectivity index (χ0v) is 20.3. The molecule has 1 N–H and O–H groups in total. The number of hydrogen-bond acceptors (Lipinski definition) is 5. The smallest absolute Gasteiger partial charge is 0.262 e. The van der Waals surface area contributed by atoms with Crippen LogP contribution in [0.1, 0.15) is 12.5 Å². The van der Waals surface area contributed by atoms with Gasteiger partial charge in [-0.1, -0.05) is 30.1 Å². The third-order valence-electron chi connectivity index (χ3n) is 5.07. The van der Waals surface area contributed by atoms with Gasteiger partial charge in [0.05, 0.1) is 10.5 Å². The largest absolute Gasteiger partial charge is 0.482 e. The van der Waals surface area contributed by atoms with Crippen LogP contribution in [0.5, 0.6) is 5.75 Å². The Balaban J connectivity index is 1.72. The van der Waals surface area contributed by atoms with Gasteiger partial charge in [-0.25, -0.2) is 4.98 Å². The molecule has 1 heterocycles. The van der Waals surface area contributed by atoms with E-state index < -0.39 is 0 Å². The van der Waals surface area contributed by atoms with Crippen LogP contribution >= 0.6 is 23.2 Å². The number of amides is 1. The molecule has 3 aromatic rings. The maximum atomic E-state index is 12.4. The topological polar surface area (TPSA) is 57.7 Å². The van der Waals surface area contributed by atoms with Gasteiger partial charge in [0.2, 0.25) is 0 Å². The summed E-state index contributed by atoms with van der Waals surface area (Å²) >= 11 is 12.0. The number of nitrogens with zero attached hydrogens (tertiary/aromatic N) is 3. The van der Waals surface area contributed by atoms with Crippen LogP contribution in [0.25, 0.3) is 10.9 Å². The number of rotatable bonds is 9. The summed E-state index contributed by atoms with van der Waals surface area (Å²) in [5, 5.41) is 4.78. The fourth-order valence-corrected chi connectivity index (χ4v) is 3.71. The van der Waals surface area contributed by atoms with E-state index in [2.05, 4.69) is 49.2 Å². The van der Waals surface area contributed by atoms with Gasteiger partial charge in [0.15, 0.2) is 6.61 Å². The standard InChI is InChI=1S/C24H28Cl2N4O2/c1-5-16-12-23(30(4)11-10-29(2)3)28-21-8-7-18(14-19(16)21)27-24(31)15-32-22-9-6-17(25)13-20(22)26/h6-9,12-14H,5,10-11,15H2,1-4H3,(H,27,31). The number of hydrogen-bond donors (Lipinski definition) is 1. The number of anilines is 2. The molecule has 0 unspecified atom stereocenters. The molecule has 0 radical (unpaired) electrons. The number of benzene rings is 2. The van der Waals surface area contributed by atoms with Crippen molar-refractivity contribution in [2.45, 2.75) is 13.3 Å². The maximum absolute atomic E-state index is 12.4. The summed E-state index contributed by atoms with van der Waals surface area (Å²) in [6, 6.07) is 12.7. The molecule has 0 atom stereocenters. The Morgan fingerprint density at radius 3 is 2.53 bits per heavy atom. The van der Waals surface area contributed by atoms with E-state index in [9.17, 15) is 4.79 Å². The van der Waals surface area contributed by atoms with E-state index in [0.29, 0.717) is 21.5 Å². The van der Waals surface area contributed by atoms with Crippen molar-refractivity contribution in [1.29, 1.82) is 0 Å². The minimum Gasteiger partial charge on any atom is -0.482 e. The lowest BCUT2D eigenvalue weighted by Gasteiger charge is -2.22. The second-order valence-electron chi connectivity index (χ2n) is 7.86. The number of carbonyl (C=O) groups is 1. The molecule has 0 fully saturated rings. The van der Waals surface area contributed by atoms with E-state index in [-0.39, 0.29) is 12.5 Å². The Labute approximate surface area is 199 Å². The molecule has 8 heteroatoms. The molecule has 0 aliphatic carbocycles. The van der Waals surface area contributed by atoms with Crippen LogP contribution in [0.15, 0.2) is 42.5 Å². The lowest BCUT2D eigenvalue weighted by molar-refractivity contribution is -0.118. The summed E-state index contributed by atoms with van der Waals surface area (Å²) in [5.74, 6) is 1.08. The van der Waals surface area contributed by atoms with Crippen LogP contribution in [0.3, 0.4) is 0 Å². The predicted octanol–water partition coefficient (Wildman–Crippen LogP) is 5.12. The van der Waals surface area contributed by atoms with Gasteiger partial charge < -0.3 is 19.9 Å². The first-order valence-electron chi connectivity index (χ1n) is 10.4. The number of aromatic nitrogens is 1. The number of carbonyl (C=O) groups excluding carboxylic acids is 1. The van der Waals surface area contributed by atoms with Gasteiger partial charge in [0.25, 0.3) is 5.91 Å². The first-order chi connectivity index (χ1) is 15.3. The van der Waals surface area contributed by atoms with Gasteiger partial charge in [0, 0.05) is 36.2 Å². The highest BCUT2D eigenvalue weighted by atomic mass is 35.5. The van der Waals surface area contributed by atoms with E-state index in [4.69, 9.17) is 32.9 Å². The van der Waals surface area contributed by atoms with Gasteiger partial charge in [-0.2, -0.15) is 0 Å². The zero-order chi connectivity index (χ0) is 23.3. The first kappa shape index (κ1) is 24.1. The van der Waals surface area contributed by atoms with Crippen LogP contribution in [0.2, 0.25) is 10.0 Å². The number of pyridine rings is 1. The minimum atomic E-state index is -0.276. The minimum absolute atomic E-state index is 0.159. The molecule has 1 aromatic heterocycles. The molecule has 32 heavy (non-hydrogen) atoms. The average Bonchev–Trinajstić information content (AvgIpc) is 2.76. The summed E-state index contributed by atoms with van der Waals surface area (Å²) in [6.07, 6.45) is 0.864. The summed E-state index contributed by atoms with van der Waals surface area (Å²) in [6.45, 7) is 3.80. The first-order valence-corrected chi connectivity index (χ1v) is 11.2. The van der Waals surface area contributed by atoms with E-state index >= 15 is 0 Å². The number of nitrogens with one attached hydrogen (secondary N) is 1. The highest BCUT2D eigenvalue weighted by molar-refractivity contribution is 6.35. The molecule has 0 saturated heterocycles. The van der Waals surface area contributed by atoms with E-state index in [0.717, 1.165) is 36.2 Å². The van der Waals surface area contributed by atoms with Crippen LogP contribution in [0.4, 0.5) is 11.5 Å². The van der Waals surface area contributed by atoms with E-state index in [1.807, 2.05) is 18.2 Å². The van der Waals surface area contributed by atoms with Gasteiger partial charge in [-0.05, 0) is 68.5 Å². The molecule has 0 aliphatic heterocycles. The molecule has 2 aromatic carbocycles. The number of aryl methyl sites for hydroxylation is 1. The van der Waals surface area contributed by atoms with Gasteiger partial charge in [0.1, 0.15) is 11.6 Å². The van der Waals surface area contributed by atoms with Crippen molar-refractivity contribution in [2.75, 3.05) is 51.1 Å². The highest BCUT2D eigenvalue weighted by Crippen LogP contribution is 2.28. The molecular formula is C24H28Cl2N4O2. The lowest BCUT2D eigenvalue weighted by Crippen LogP contribution is -2.29. The van der Waals surface area contributed by atoms with Crippen molar-refractivity contribution in [3.8, 4) is 5.75 Å². The second kappa shape index (κ2) is 10.9. The molecule has 0 aliphatic rings. The molecule has 0 spiro atoms. The molecular weight excluding hydrogens is 447 g/mol. The SMILES string of the molecule is CCc1cc(N(C)CCN(C)C)nc2ccc(NC(=O)COc3ccc(Cl)cc3Cl)cc12. The zero-order valence-electron chi connectivity index (χ0n) is 18.8. The van der Waals surface area contributed by atoms with E-state index in [1.165, 1.54) is 5.56 Å². The number of likely N-dealkylation sites (N-methyl/N-ethyl adjacent to an activating group) is 2. The Kier molecular flexibility index (Phi) is 8.18. The van der Waals surface area contributed by atoms with Crippen LogP contribution in [-0.2, 0) is 11.2 Å². The van der Waals surface area contributed by atoms with Gasteiger partial charge in [-0.15, -0.1) is 0 Å². The predicted molar refractivity (Wildman–Crippen MR) is 134 cm³/mol. The summed E-state index contributed by atoms with van der Waals surface area (Å²) in [5.41, 5.74) is 2.78. The highest BCUT2D eigenvalue weighted by Gasteiger charge is 2.11. The number of ether oxygens (including phenoxy) is 1. The fourth-order valence-electron chi connectivity index (χ4n) is 3.24. The van der Waals surface area contributed by atoms with Crippen LogP contribution < -0.4 is 15.0 Å². The van der Waals surface area contributed by atoms with Gasteiger partial charge in [-0.3, -0.25) is 4.79 Å². The molecule has 3 rings (SSSR count). The van der Waals surface area contributed by atoms with Crippen molar-refractivity contribution in [2.24, 2.45) is 0 Å². The maximum Gasteiger partial charge on any atom is 0.262 e. The number of halogens is 2. The van der Waals surface area contributed by atoms with Crippen LogP contribution in [-0.4, -0.2) is 56.6 Å². The van der Waals surface area contributed by atoms with E-state index in [1.54, 1.807) is 18.2 Å². The molecule has 1 amide bonds. The second-order valence-corrected chi connectivity index (χ2v) is 8.71. The normalized spacial score (nSPS) is 11.1. The van der Waals surface area contributed by atoms with Crippen molar-refractivity contribution in [3.63, 3.8) is 0 Å². The molecule has 0 saturated carbocycles. The lowest BCUT2D eigenvalue weighted by atomic mass is 10.1. The summed E-state index contributed by atoms with van der Waals surface area (Å²) in [4.78, 5) is 21.5. The van der Waals surface area contributed by atoms with Crippen molar-refractivity contribution in [3.05, 3.63) is 58.1 Å². The third kappa shape index (κ3) is 6.25. The van der Waals surface area contributed by atoms with Crippen molar-refractivity contribution < 1.29 is 9.53 Å². The molecule has 170 valence electrons. The fraction of sp³-hybridized carbons (Fsp3) is 0.333. The van der Waals surface area contributed by atoms with Crippen molar-refractivity contribution in [1.82, 2.24) is 9.88 Å². The van der Waals surface area contributed by atoms with Crippen molar-refractivity contribution >= 4 is 51.5 Å². The molecule has 6 nitrogen and oxygen atoms in total. The molecule has 0 bridgehead atoms.